The number of esters is 1. The first-order valence-corrected chi connectivity index (χ1v) is 10.2. The van der Waals surface area contributed by atoms with E-state index in [1.54, 1.807) is 50.2 Å². The Morgan fingerprint density at radius 3 is 2.62 bits per heavy atom. The zero-order valence-corrected chi connectivity index (χ0v) is 17.3. The largest absolute Gasteiger partial charge is 0.459 e. The molecule has 1 N–H and O–H groups in total. The molecule has 1 aromatic heterocycles. The zero-order valence-electron chi connectivity index (χ0n) is 15.7. The molecule has 0 saturated heterocycles. The number of nitrogens with zero attached hydrogens (tertiary/aromatic N) is 1. The second kappa shape index (κ2) is 7.81. The standard InChI is InChI=1S/C22H17ClN2O3S/c1-12(2)28-21(27)13-9-10-18-19(11-13)29-22(24-18)25-20(26)16-7-3-6-15-14(16)5-4-8-17(15)23/h3-12H,1-2H3,(H,24,25,26). The van der Waals surface area contributed by atoms with Gasteiger partial charge in [-0.3, -0.25) is 10.1 Å². The number of fused-ring (bicyclic) bond motifs is 2. The van der Waals surface area contributed by atoms with E-state index in [1.807, 2.05) is 18.2 Å². The van der Waals surface area contributed by atoms with Crippen LogP contribution >= 0.6 is 22.9 Å². The fourth-order valence-corrected chi connectivity index (χ4v) is 4.16. The van der Waals surface area contributed by atoms with Crippen LogP contribution in [-0.4, -0.2) is 23.0 Å². The summed E-state index contributed by atoms with van der Waals surface area (Å²) in [6.45, 7) is 3.61. The molecular weight excluding hydrogens is 408 g/mol. The Kier molecular flexibility index (Phi) is 5.22. The normalized spacial score (nSPS) is 11.2. The van der Waals surface area contributed by atoms with Gasteiger partial charge in [0, 0.05) is 16.0 Å². The van der Waals surface area contributed by atoms with Crippen molar-refractivity contribution in [3.8, 4) is 0 Å². The van der Waals surface area contributed by atoms with E-state index in [1.165, 1.54) is 11.3 Å². The number of nitrogens with one attached hydrogen (secondary N) is 1. The van der Waals surface area contributed by atoms with Crippen LogP contribution in [0.15, 0.2) is 54.6 Å². The Morgan fingerprint density at radius 2 is 1.83 bits per heavy atom. The molecule has 0 bridgehead atoms. The van der Waals surface area contributed by atoms with Gasteiger partial charge in [0.25, 0.3) is 5.91 Å². The molecule has 146 valence electrons. The predicted molar refractivity (Wildman–Crippen MR) is 117 cm³/mol. The Bertz CT molecular complexity index is 1250. The van der Waals surface area contributed by atoms with Gasteiger partial charge in [-0.05, 0) is 49.6 Å². The van der Waals surface area contributed by atoms with Crippen LogP contribution in [0.5, 0.6) is 0 Å². The maximum Gasteiger partial charge on any atom is 0.338 e. The van der Waals surface area contributed by atoms with Gasteiger partial charge in [-0.15, -0.1) is 0 Å². The highest BCUT2D eigenvalue weighted by Crippen LogP contribution is 2.29. The van der Waals surface area contributed by atoms with E-state index in [-0.39, 0.29) is 18.0 Å². The van der Waals surface area contributed by atoms with Crippen LogP contribution < -0.4 is 5.32 Å². The lowest BCUT2D eigenvalue weighted by atomic mass is 10.0. The number of anilines is 1. The second-order valence-corrected chi connectivity index (χ2v) is 8.19. The minimum absolute atomic E-state index is 0.191. The molecule has 4 aromatic rings. The average molecular weight is 425 g/mol. The maximum atomic E-state index is 12.9. The Labute approximate surface area is 176 Å². The lowest BCUT2D eigenvalue weighted by Crippen LogP contribution is -2.12. The maximum absolute atomic E-state index is 12.9. The molecular formula is C22H17ClN2O3S. The minimum Gasteiger partial charge on any atom is -0.459 e. The fraction of sp³-hybridized carbons (Fsp3) is 0.136. The van der Waals surface area contributed by atoms with Gasteiger partial charge in [0.1, 0.15) is 0 Å². The summed E-state index contributed by atoms with van der Waals surface area (Å²) < 4.78 is 6.02. The molecule has 3 aromatic carbocycles. The molecule has 1 amide bonds. The topological polar surface area (TPSA) is 68.3 Å². The number of hydrogen-bond acceptors (Lipinski definition) is 5. The van der Waals surface area contributed by atoms with Crippen LogP contribution in [0.3, 0.4) is 0 Å². The van der Waals surface area contributed by atoms with Gasteiger partial charge in [0.05, 0.1) is 21.9 Å². The van der Waals surface area contributed by atoms with E-state index in [0.717, 1.165) is 15.5 Å². The van der Waals surface area contributed by atoms with Gasteiger partial charge in [-0.25, -0.2) is 9.78 Å². The number of benzene rings is 3. The van der Waals surface area contributed by atoms with E-state index >= 15 is 0 Å². The number of hydrogen-bond donors (Lipinski definition) is 1. The van der Waals surface area contributed by atoms with Crippen LogP contribution in [-0.2, 0) is 4.74 Å². The average Bonchev–Trinajstić information content (AvgIpc) is 3.08. The number of thiazole rings is 1. The SMILES string of the molecule is CC(C)OC(=O)c1ccc2nc(NC(=O)c3cccc4c(Cl)cccc34)sc2c1. The summed E-state index contributed by atoms with van der Waals surface area (Å²) in [5, 5.41) is 5.50. The smallest absolute Gasteiger partial charge is 0.338 e. The van der Waals surface area contributed by atoms with E-state index in [0.29, 0.717) is 26.8 Å². The summed E-state index contributed by atoms with van der Waals surface area (Å²) in [5.41, 5.74) is 1.68. The molecule has 0 aliphatic rings. The third-order valence-electron chi connectivity index (χ3n) is 4.30. The Hall–Kier alpha value is -2.96. The van der Waals surface area contributed by atoms with Crippen LogP contribution in [0.1, 0.15) is 34.6 Å². The van der Waals surface area contributed by atoms with E-state index < -0.39 is 0 Å². The number of halogens is 1. The van der Waals surface area contributed by atoms with Crippen molar-refractivity contribution < 1.29 is 14.3 Å². The van der Waals surface area contributed by atoms with E-state index in [9.17, 15) is 9.59 Å². The molecule has 0 atom stereocenters. The Balaban J connectivity index is 1.62. The van der Waals surface area contributed by atoms with Crippen LogP contribution in [0.4, 0.5) is 5.13 Å². The van der Waals surface area contributed by atoms with Crippen molar-refractivity contribution in [3.05, 3.63) is 70.7 Å². The number of ether oxygens (including phenoxy) is 1. The first kappa shape index (κ1) is 19.4. The highest BCUT2D eigenvalue weighted by Gasteiger charge is 2.15. The quantitative estimate of drug-likeness (QED) is 0.413. The Morgan fingerprint density at radius 1 is 1.07 bits per heavy atom. The fourth-order valence-electron chi connectivity index (χ4n) is 3.02. The summed E-state index contributed by atoms with van der Waals surface area (Å²) in [6.07, 6.45) is -0.191. The summed E-state index contributed by atoms with van der Waals surface area (Å²) >= 11 is 7.54. The van der Waals surface area contributed by atoms with Gasteiger partial charge in [0.2, 0.25) is 0 Å². The van der Waals surface area contributed by atoms with Crippen molar-refractivity contribution in [2.45, 2.75) is 20.0 Å². The molecule has 0 aliphatic carbocycles. The van der Waals surface area contributed by atoms with Crippen molar-refractivity contribution in [1.82, 2.24) is 4.98 Å². The molecule has 29 heavy (non-hydrogen) atoms. The van der Waals surface area contributed by atoms with Gasteiger partial charge >= 0.3 is 5.97 Å². The third-order valence-corrected chi connectivity index (χ3v) is 5.56. The summed E-state index contributed by atoms with van der Waals surface area (Å²) in [7, 11) is 0. The number of rotatable bonds is 4. The molecule has 5 nitrogen and oxygen atoms in total. The zero-order chi connectivity index (χ0) is 20.5. The van der Waals surface area contributed by atoms with Gasteiger partial charge in [-0.1, -0.05) is 47.2 Å². The molecule has 0 radical (unpaired) electrons. The molecule has 7 heteroatoms. The predicted octanol–water partition coefficient (Wildman–Crippen LogP) is 5.92. The lowest BCUT2D eigenvalue weighted by Gasteiger charge is -2.07. The summed E-state index contributed by atoms with van der Waals surface area (Å²) in [6, 6.07) is 16.0. The monoisotopic (exact) mass is 424 g/mol. The second-order valence-electron chi connectivity index (χ2n) is 6.75. The van der Waals surface area contributed by atoms with Gasteiger partial charge < -0.3 is 4.74 Å². The molecule has 0 saturated carbocycles. The first-order valence-electron chi connectivity index (χ1n) is 9.02. The van der Waals surface area contributed by atoms with Crippen molar-refractivity contribution in [2.24, 2.45) is 0 Å². The van der Waals surface area contributed by atoms with Crippen LogP contribution in [0.25, 0.3) is 21.0 Å². The molecule has 0 aliphatic heterocycles. The number of aromatic nitrogens is 1. The van der Waals surface area contributed by atoms with Crippen LogP contribution in [0, 0.1) is 0 Å². The third kappa shape index (κ3) is 3.95. The van der Waals surface area contributed by atoms with Gasteiger partial charge in [0.15, 0.2) is 5.13 Å². The van der Waals surface area contributed by atoms with E-state index in [4.69, 9.17) is 16.3 Å². The molecule has 0 unspecified atom stereocenters. The highest BCUT2D eigenvalue weighted by molar-refractivity contribution is 7.22. The van der Waals surface area contributed by atoms with E-state index in [2.05, 4.69) is 10.3 Å². The van der Waals surface area contributed by atoms with Crippen molar-refractivity contribution in [2.75, 3.05) is 5.32 Å². The summed E-state index contributed by atoms with van der Waals surface area (Å²) in [5.74, 6) is -0.648. The highest BCUT2D eigenvalue weighted by atomic mass is 35.5. The lowest BCUT2D eigenvalue weighted by molar-refractivity contribution is 0.0378. The molecule has 0 fully saturated rings. The number of carbonyl (C=O) groups excluding carboxylic acids is 2. The van der Waals surface area contributed by atoms with Crippen molar-refractivity contribution in [1.29, 1.82) is 0 Å². The van der Waals surface area contributed by atoms with Gasteiger partial charge in [-0.2, -0.15) is 0 Å². The molecule has 4 rings (SSSR count). The van der Waals surface area contributed by atoms with Crippen molar-refractivity contribution in [3.63, 3.8) is 0 Å². The molecule has 0 spiro atoms. The number of carbonyl (C=O) groups is 2. The summed E-state index contributed by atoms with van der Waals surface area (Å²) in [4.78, 5) is 29.4. The van der Waals surface area contributed by atoms with Crippen molar-refractivity contribution >= 4 is 60.9 Å². The first-order chi connectivity index (χ1) is 13.9. The minimum atomic E-state index is -0.381. The molecule has 1 heterocycles. The number of amides is 1. The van der Waals surface area contributed by atoms with Crippen LogP contribution in [0.2, 0.25) is 5.02 Å².